The van der Waals surface area contributed by atoms with E-state index in [1.54, 1.807) is 43.4 Å². The van der Waals surface area contributed by atoms with Crippen LogP contribution in [0.5, 0.6) is 11.5 Å². The third-order valence-corrected chi connectivity index (χ3v) is 5.48. The average molecular weight is 448 g/mol. The Hall–Kier alpha value is -3.13. The molecule has 2 amide bonds. The van der Waals surface area contributed by atoms with Crippen LogP contribution in [0, 0.1) is 0 Å². The Bertz CT molecular complexity index is 914. The summed E-state index contributed by atoms with van der Waals surface area (Å²) in [7, 11) is 3.20. The standard InChI is InChI=1S/C22H26ClN3O5/c1-29-18-8-7-17(13-20(18)30-2)25-9-11-26(12-10-25)21(27)14-19(31-22(24)28)15-3-5-16(23)6-4-15/h3-8,13,19H,9-12,14H2,1-2H3,(H2,24,28). The number of primary amides is 1. The lowest BCUT2D eigenvalue weighted by atomic mass is 10.1. The monoisotopic (exact) mass is 447 g/mol. The van der Waals surface area contributed by atoms with Gasteiger partial charge in [0.25, 0.3) is 0 Å². The summed E-state index contributed by atoms with van der Waals surface area (Å²) in [5.41, 5.74) is 6.87. The molecule has 166 valence electrons. The van der Waals surface area contributed by atoms with Crippen molar-refractivity contribution in [2.75, 3.05) is 45.3 Å². The summed E-state index contributed by atoms with van der Waals surface area (Å²) in [6, 6.07) is 12.6. The molecule has 1 unspecified atom stereocenters. The maximum atomic E-state index is 12.9. The molecule has 0 spiro atoms. The van der Waals surface area contributed by atoms with Crippen molar-refractivity contribution in [1.82, 2.24) is 4.90 Å². The van der Waals surface area contributed by atoms with E-state index in [1.165, 1.54) is 0 Å². The Morgan fingerprint density at radius 1 is 1.00 bits per heavy atom. The first-order valence-electron chi connectivity index (χ1n) is 9.87. The first-order valence-corrected chi connectivity index (χ1v) is 10.3. The molecule has 8 nitrogen and oxygen atoms in total. The fraction of sp³-hybridized carbons (Fsp3) is 0.364. The zero-order valence-electron chi connectivity index (χ0n) is 17.5. The number of carbonyl (C=O) groups excluding carboxylic acids is 2. The summed E-state index contributed by atoms with van der Waals surface area (Å²) in [6.45, 7) is 2.45. The molecule has 2 N–H and O–H groups in total. The van der Waals surface area contributed by atoms with Crippen LogP contribution in [0.1, 0.15) is 18.1 Å². The predicted molar refractivity (Wildman–Crippen MR) is 118 cm³/mol. The Labute approximate surface area is 186 Å². The number of amides is 2. The largest absolute Gasteiger partial charge is 0.493 e. The van der Waals surface area contributed by atoms with Crippen molar-refractivity contribution in [1.29, 1.82) is 0 Å². The minimum absolute atomic E-state index is 0.0148. The summed E-state index contributed by atoms with van der Waals surface area (Å²) in [5.74, 6) is 1.23. The molecule has 31 heavy (non-hydrogen) atoms. The molecule has 1 saturated heterocycles. The number of ether oxygens (including phenoxy) is 3. The molecule has 2 aromatic carbocycles. The molecule has 1 aliphatic heterocycles. The summed E-state index contributed by atoms with van der Waals surface area (Å²) in [4.78, 5) is 28.2. The van der Waals surface area contributed by atoms with E-state index in [-0.39, 0.29) is 12.3 Å². The van der Waals surface area contributed by atoms with Gasteiger partial charge in [-0.3, -0.25) is 4.79 Å². The van der Waals surface area contributed by atoms with E-state index >= 15 is 0 Å². The second-order valence-electron chi connectivity index (χ2n) is 7.09. The lowest BCUT2D eigenvalue weighted by Gasteiger charge is -2.36. The average Bonchev–Trinajstić information content (AvgIpc) is 2.78. The van der Waals surface area contributed by atoms with Gasteiger partial charge in [-0.1, -0.05) is 23.7 Å². The highest BCUT2D eigenvalue weighted by Crippen LogP contribution is 2.32. The second kappa shape index (κ2) is 10.3. The minimum Gasteiger partial charge on any atom is -0.493 e. The molecule has 0 bridgehead atoms. The van der Waals surface area contributed by atoms with Crippen LogP contribution in [0.3, 0.4) is 0 Å². The van der Waals surface area contributed by atoms with Crippen LogP contribution in [-0.4, -0.2) is 57.3 Å². The van der Waals surface area contributed by atoms with E-state index in [2.05, 4.69) is 4.90 Å². The Balaban J connectivity index is 1.62. The topological polar surface area (TPSA) is 94.3 Å². The lowest BCUT2D eigenvalue weighted by molar-refractivity contribution is -0.133. The fourth-order valence-electron chi connectivity index (χ4n) is 3.57. The molecular formula is C22H26ClN3O5. The molecule has 3 rings (SSSR count). The summed E-state index contributed by atoms with van der Waals surface area (Å²) < 4.78 is 15.8. The third-order valence-electron chi connectivity index (χ3n) is 5.22. The number of rotatable bonds is 7. The number of methoxy groups -OCH3 is 2. The van der Waals surface area contributed by atoms with Crippen LogP contribution >= 0.6 is 11.6 Å². The van der Waals surface area contributed by atoms with E-state index in [4.69, 9.17) is 31.5 Å². The molecule has 1 heterocycles. The molecule has 1 fully saturated rings. The van der Waals surface area contributed by atoms with Crippen LogP contribution in [0.2, 0.25) is 5.02 Å². The van der Waals surface area contributed by atoms with Gasteiger partial charge in [0.05, 0.1) is 20.6 Å². The summed E-state index contributed by atoms with van der Waals surface area (Å²) >= 11 is 5.92. The van der Waals surface area contributed by atoms with Crippen molar-refractivity contribution in [3.8, 4) is 11.5 Å². The number of hydrogen-bond acceptors (Lipinski definition) is 6. The van der Waals surface area contributed by atoms with Crippen LogP contribution < -0.4 is 20.1 Å². The zero-order valence-corrected chi connectivity index (χ0v) is 18.3. The predicted octanol–water partition coefficient (Wildman–Crippen LogP) is 3.23. The van der Waals surface area contributed by atoms with Gasteiger partial charge in [0.15, 0.2) is 11.5 Å². The second-order valence-corrected chi connectivity index (χ2v) is 7.52. The van der Waals surface area contributed by atoms with Crippen LogP contribution in [0.4, 0.5) is 10.5 Å². The molecule has 2 aromatic rings. The number of anilines is 1. The Morgan fingerprint density at radius 2 is 1.65 bits per heavy atom. The van der Waals surface area contributed by atoms with E-state index in [0.717, 1.165) is 5.69 Å². The van der Waals surface area contributed by atoms with Gasteiger partial charge in [0, 0.05) is 43.0 Å². The highest BCUT2D eigenvalue weighted by molar-refractivity contribution is 6.30. The molecule has 0 saturated carbocycles. The molecule has 0 aliphatic carbocycles. The first kappa shape index (κ1) is 22.6. The molecule has 9 heteroatoms. The van der Waals surface area contributed by atoms with Gasteiger partial charge in [0.1, 0.15) is 6.10 Å². The van der Waals surface area contributed by atoms with Crippen molar-refractivity contribution in [3.05, 3.63) is 53.1 Å². The molecule has 0 radical (unpaired) electrons. The van der Waals surface area contributed by atoms with E-state index in [9.17, 15) is 9.59 Å². The van der Waals surface area contributed by atoms with Crippen LogP contribution in [0.15, 0.2) is 42.5 Å². The van der Waals surface area contributed by atoms with E-state index < -0.39 is 12.2 Å². The number of halogens is 1. The molecule has 1 atom stereocenters. The maximum Gasteiger partial charge on any atom is 0.405 e. The van der Waals surface area contributed by atoms with Crippen LogP contribution in [-0.2, 0) is 9.53 Å². The van der Waals surface area contributed by atoms with Gasteiger partial charge in [-0.05, 0) is 29.8 Å². The molecule has 1 aliphatic rings. The SMILES string of the molecule is COc1ccc(N2CCN(C(=O)CC(OC(N)=O)c3ccc(Cl)cc3)CC2)cc1OC. The zero-order chi connectivity index (χ0) is 22.4. The fourth-order valence-corrected chi connectivity index (χ4v) is 3.69. The van der Waals surface area contributed by atoms with Gasteiger partial charge >= 0.3 is 6.09 Å². The van der Waals surface area contributed by atoms with Crippen molar-refractivity contribution in [2.45, 2.75) is 12.5 Å². The lowest BCUT2D eigenvalue weighted by Crippen LogP contribution is -2.49. The number of hydrogen-bond donors (Lipinski definition) is 1. The van der Waals surface area contributed by atoms with Gasteiger partial charge in [-0.25, -0.2) is 4.79 Å². The number of carbonyl (C=O) groups is 2. The number of benzene rings is 2. The summed E-state index contributed by atoms with van der Waals surface area (Å²) in [6.07, 6.45) is -1.67. The molecule has 0 aromatic heterocycles. The normalized spacial score (nSPS) is 14.7. The highest BCUT2D eigenvalue weighted by atomic mass is 35.5. The van der Waals surface area contributed by atoms with Crippen molar-refractivity contribution < 1.29 is 23.8 Å². The van der Waals surface area contributed by atoms with E-state index in [0.29, 0.717) is 48.3 Å². The number of nitrogens with two attached hydrogens (primary N) is 1. The maximum absolute atomic E-state index is 12.9. The van der Waals surface area contributed by atoms with Gasteiger partial charge in [-0.15, -0.1) is 0 Å². The smallest absolute Gasteiger partial charge is 0.405 e. The van der Waals surface area contributed by atoms with Gasteiger partial charge in [0.2, 0.25) is 5.91 Å². The van der Waals surface area contributed by atoms with Crippen molar-refractivity contribution in [3.63, 3.8) is 0 Å². The van der Waals surface area contributed by atoms with E-state index in [1.807, 2.05) is 18.2 Å². The number of piperazine rings is 1. The Morgan fingerprint density at radius 3 is 2.23 bits per heavy atom. The molecular weight excluding hydrogens is 422 g/mol. The first-order chi connectivity index (χ1) is 14.9. The van der Waals surface area contributed by atoms with Gasteiger partial charge < -0.3 is 29.7 Å². The van der Waals surface area contributed by atoms with Crippen LogP contribution in [0.25, 0.3) is 0 Å². The van der Waals surface area contributed by atoms with Gasteiger partial charge in [-0.2, -0.15) is 0 Å². The Kier molecular flexibility index (Phi) is 7.46. The van der Waals surface area contributed by atoms with Crippen molar-refractivity contribution in [2.24, 2.45) is 5.73 Å². The van der Waals surface area contributed by atoms with Crippen molar-refractivity contribution >= 4 is 29.3 Å². The third kappa shape index (κ3) is 5.73. The minimum atomic E-state index is -0.925. The highest BCUT2D eigenvalue weighted by Gasteiger charge is 2.26. The summed E-state index contributed by atoms with van der Waals surface area (Å²) in [5, 5.41) is 0.555. The number of nitrogens with zero attached hydrogens (tertiary/aromatic N) is 2. The quantitative estimate of drug-likeness (QED) is 0.700.